The average Bonchev–Trinajstić information content (AvgIpc) is 2.97. The molecule has 0 unspecified atom stereocenters. The monoisotopic (exact) mass is 671 g/mol. The van der Waals surface area contributed by atoms with Gasteiger partial charge in [0, 0.05) is 62.0 Å². The van der Waals surface area contributed by atoms with Crippen molar-refractivity contribution in [3.8, 4) is 34.5 Å². The number of phenols is 2. The van der Waals surface area contributed by atoms with E-state index in [1.807, 2.05) is 56.3 Å². The molecule has 0 atom stereocenters. The first kappa shape index (κ1) is 30.8. The van der Waals surface area contributed by atoms with Crippen LogP contribution in [0.3, 0.4) is 0 Å². The van der Waals surface area contributed by atoms with Crippen LogP contribution in [-0.2, 0) is 9.73 Å². The summed E-state index contributed by atoms with van der Waals surface area (Å²) in [6.07, 6.45) is 6.56. The van der Waals surface area contributed by atoms with Gasteiger partial charge >= 0.3 is 0 Å². The Morgan fingerprint density at radius 3 is 1.68 bits per heavy atom. The molecule has 0 aliphatic rings. The van der Waals surface area contributed by atoms with Crippen LogP contribution >= 0.6 is 15.9 Å². The van der Waals surface area contributed by atoms with E-state index < -0.39 is 9.73 Å². The Labute approximate surface area is 264 Å². The lowest BCUT2D eigenvalue weighted by Gasteiger charge is -2.11. The summed E-state index contributed by atoms with van der Waals surface area (Å²) in [6.45, 7) is 3.84. The molecule has 0 aliphatic carbocycles. The van der Waals surface area contributed by atoms with Crippen LogP contribution in [0.2, 0.25) is 0 Å². The number of hydrogen-bond donors (Lipinski definition) is 2. The quantitative estimate of drug-likeness (QED) is 0.188. The van der Waals surface area contributed by atoms with E-state index in [0.29, 0.717) is 28.7 Å². The fourth-order valence-corrected chi connectivity index (χ4v) is 5.31. The second-order valence-electron chi connectivity index (χ2n) is 10.4. The zero-order valence-corrected chi connectivity index (χ0v) is 26.9. The van der Waals surface area contributed by atoms with Crippen molar-refractivity contribution in [3.63, 3.8) is 0 Å². The third kappa shape index (κ3) is 7.64. The molecular weight excluding hydrogens is 642 g/mol. The molecule has 0 aliphatic heterocycles. The van der Waals surface area contributed by atoms with Gasteiger partial charge in [-0.25, -0.2) is 4.21 Å². The van der Waals surface area contributed by atoms with Crippen LogP contribution in [0.5, 0.6) is 34.5 Å². The molecule has 0 fully saturated rings. The summed E-state index contributed by atoms with van der Waals surface area (Å²) in [6, 6.07) is 24.9. The topological polar surface area (TPSA) is 114 Å². The predicted octanol–water partition coefficient (Wildman–Crippen LogP) is 9.20. The summed E-state index contributed by atoms with van der Waals surface area (Å²) < 4.78 is 29.0. The van der Waals surface area contributed by atoms with Crippen molar-refractivity contribution in [2.24, 2.45) is 4.36 Å². The van der Waals surface area contributed by atoms with Crippen LogP contribution in [0.4, 0.5) is 5.69 Å². The molecule has 2 heterocycles. The molecule has 224 valence electrons. The Hall–Kier alpha value is -4.67. The van der Waals surface area contributed by atoms with E-state index >= 15 is 0 Å². The highest BCUT2D eigenvalue weighted by atomic mass is 79.9. The van der Waals surface area contributed by atoms with E-state index in [9.17, 15) is 14.4 Å². The third-order valence-corrected chi connectivity index (χ3v) is 7.60. The van der Waals surface area contributed by atoms with Crippen LogP contribution in [0.25, 0.3) is 21.8 Å². The molecule has 6 rings (SSSR count). The van der Waals surface area contributed by atoms with Gasteiger partial charge in [-0.05, 0) is 85.6 Å². The number of hydrogen-bond acceptors (Lipinski definition) is 8. The number of nitrogens with zero attached hydrogens (tertiary/aromatic N) is 3. The minimum atomic E-state index is -2.25. The molecule has 0 amide bonds. The second kappa shape index (κ2) is 12.9. The SMILES string of the molecule is Cc1ccc(O)cc1Oc1ccnc2ccc(Br)cc12.Cc1ccc(O)cc1Oc1ccnc2ccc(N=S(C)(C)=O)cc12. The largest absolute Gasteiger partial charge is 0.508 e. The van der Waals surface area contributed by atoms with Crippen LogP contribution in [-0.4, -0.2) is 36.9 Å². The van der Waals surface area contributed by atoms with Crippen molar-refractivity contribution in [3.05, 3.63) is 113 Å². The Kier molecular flexibility index (Phi) is 9.03. The number of pyridine rings is 2. The summed E-state index contributed by atoms with van der Waals surface area (Å²) in [5.74, 6) is 2.85. The van der Waals surface area contributed by atoms with Gasteiger partial charge in [-0.2, -0.15) is 4.36 Å². The summed E-state index contributed by atoms with van der Waals surface area (Å²) in [5, 5.41) is 20.9. The number of aryl methyl sites for hydroxylation is 2. The maximum atomic E-state index is 11.9. The zero-order valence-electron chi connectivity index (χ0n) is 24.5. The van der Waals surface area contributed by atoms with E-state index in [4.69, 9.17) is 9.47 Å². The molecular formula is C34H30BrN3O5S. The van der Waals surface area contributed by atoms with Crippen LogP contribution in [0.15, 0.2) is 106 Å². The van der Waals surface area contributed by atoms with E-state index in [-0.39, 0.29) is 11.5 Å². The minimum absolute atomic E-state index is 0.140. The first-order valence-electron chi connectivity index (χ1n) is 13.5. The van der Waals surface area contributed by atoms with Gasteiger partial charge in [0.1, 0.15) is 34.5 Å². The van der Waals surface area contributed by atoms with Crippen LogP contribution in [0, 0.1) is 13.8 Å². The van der Waals surface area contributed by atoms with Gasteiger partial charge in [0.05, 0.1) is 16.7 Å². The molecule has 0 spiro atoms. The maximum Gasteiger partial charge on any atom is 0.138 e. The molecule has 0 saturated heterocycles. The van der Waals surface area contributed by atoms with Crippen LogP contribution < -0.4 is 9.47 Å². The standard InChI is InChI=1S/C18H18N2O3S.C16H12BrNO2/c1-12-4-6-14(21)11-18(12)23-17-8-9-19-16-7-5-13(10-15(16)17)20-24(2,3)22;1-10-2-4-12(19)9-16(10)20-15-6-7-18-14-5-3-11(17)8-13(14)15/h4-11,21H,1-3H3;2-9,19H,1H3. The third-order valence-electron chi connectivity index (χ3n) is 6.46. The Balaban J connectivity index is 0.000000177. The number of fused-ring (bicyclic) bond motifs is 2. The molecule has 44 heavy (non-hydrogen) atoms. The lowest BCUT2D eigenvalue weighted by Crippen LogP contribution is -1.91. The Bertz CT molecular complexity index is 2120. The van der Waals surface area contributed by atoms with Crippen molar-refractivity contribution in [2.45, 2.75) is 13.8 Å². The minimum Gasteiger partial charge on any atom is -0.508 e. The van der Waals surface area contributed by atoms with E-state index in [2.05, 4.69) is 30.3 Å². The molecule has 10 heteroatoms. The summed E-state index contributed by atoms with van der Waals surface area (Å²) in [4.78, 5) is 8.63. The Morgan fingerprint density at radius 2 is 1.16 bits per heavy atom. The van der Waals surface area contributed by atoms with Crippen LogP contribution in [0.1, 0.15) is 11.1 Å². The normalized spacial score (nSPS) is 11.1. The van der Waals surface area contributed by atoms with Crippen molar-refractivity contribution in [1.29, 1.82) is 0 Å². The first-order chi connectivity index (χ1) is 20.9. The lowest BCUT2D eigenvalue weighted by atomic mass is 10.1. The lowest BCUT2D eigenvalue weighted by molar-refractivity contribution is 0.454. The second-order valence-corrected chi connectivity index (χ2v) is 13.8. The molecule has 4 aromatic carbocycles. The van der Waals surface area contributed by atoms with Gasteiger partial charge in [0.2, 0.25) is 0 Å². The molecule has 0 bridgehead atoms. The van der Waals surface area contributed by atoms with Crippen molar-refractivity contribution in [2.75, 3.05) is 12.5 Å². The molecule has 2 aromatic heterocycles. The van der Waals surface area contributed by atoms with Crippen molar-refractivity contribution < 1.29 is 23.9 Å². The number of phenolic OH excluding ortho intramolecular Hbond substituents is 2. The highest BCUT2D eigenvalue weighted by Gasteiger charge is 2.10. The van der Waals surface area contributed by atoms with Gasteiger partial charge in [-0.3, -0.25) is 9.97 Å². The number of rotatable bonds is 5. The molecule has 2 N–H and O–H groups in total. The zero-order chi connectivity index (χ0) is 31.4. The highest BCUT2D eigenvalue weighted by Crippen LogP contribution is 2.35. The van der Waals surface area contributed by atoms with Crippen molar-refractivity contribution in [1.82, 2.24) is 9.97 Å². The van der Waals surface area contributed by atoms with E-state index in [0.717, 1.165) is 37.4 Å². The predicted molar refractivity (Wildman–Crippen MR) is 179 cm³/mol. The maximum absolute atomic E-state index is 11.9. The Morgan fingerprint density at radius 1 is 0.659 bits per heavy atom. The van der Waals surface area contributed by atoms with Gasteiger partial charge in [-0.1, -0.05) is 28.1 Å². The van der Waals surface area contributed by atoms with E-state index in [1.165, 1.54) is 0 Å². The fraction of sp³-hybridized carbons (Fsp3) is 0.118. The van der Waals surface area contributed by atoms with Crippen molar-refractivity contribution >= 4 is 53.2 Å². The van der Waals surface area contributed by atoms with Gasteiger partial charge in [0.15, 0.2) is 0 Å². The molecule has 0 saturated carbocycles. The average molecular weight is 673 g/mol. The smallest absolute Gasteiger partial charge is 0.138 e. The number of ether oxygens (including phenoxy) is 2. The number of aromatic nitrogens is 2. The number of aromatic hydroxyl groups is 2. The van der Waals surface area contributed by atoms with Gasteiger partial charge < -0.3 is 19.7 Å². The number of benzene rings is 4. The highest BCUT2D eigenvalue weighted by molar-refractivity contribution is 9.10. The number of halogens is 1. The molecule has 0 radical (unpaired) electrons. The molecule has 6 aromatic rings. The summed E-state index contributed by atoms with van der Waals surface area (Å²) in [7, 11) is -2.25. The summed E-state index contributed by atoms with van der Waals surface area (Å²) in [5.41, 5.74) is 4.10. The fourth-order valence-electron chi connectivity index (χ4n) is 4.33. The van der Waals surface area contributed by atoms with E-state index in [1.54, 1.807) is 67.4 Å². The molecule has 8 nitrogen and oxygen atoms in total. The van der Waals surface area contributed by atoms with Gasteiger partial charge in [-0.15, -0.1) is 0 Å². The summed E-state index contributed by atoms with van der Waals surface area (Å²) >= 11 is 3.45. The van der Waals surface area contributed by atoms with Gasteiger partial charge in [0.25, 0.3) is 0 Å². The first-order valence-corrected chi connectivity index (χ1v) is 16.6.